The number of amides is 1. The van der Waals surface area contributed by atoms with E-state index >= 15 is 0 Å². The third-order valence-electron chi connectivity index (χ3n) is 4.80. The molecule has 1 N–H and O–H groups in total. The second-order valence-corrected chi connectivity index (χ2v) is 8.20. The van der Waals surface area contributed by atoms with Gasteiger partial charge in [0.05, 0.1) is 13.2 Å². The lowest BCUT2D eigenvalue weighted by Gasteiger charge is -2.31. The molecule has 156 valence electrons. The minimum Gasteiger partial charge on any atom is -0.497 e. The number of benzene rings is 3. The largest absolute Gasteiger partial charge is 0.497 e. The smallest absolute Gasteiger partial charge is 0.408 e. The van der Waals surface area contributed by atoms with Gasteiger partial charge in [-0.15, -0.1) is 0 Å². The van der Waals surface area contributed by atoms with E-state index in [2.05, 4.69) is 17.4 Å². The van der Waals surface area contributed by atoms with Crippen LogP contribution in [0.4, 0.5) is 4.79 Å². The molecule has 1 amide bonds. The third-order valence-corrected chi connectivity index (χ3v) is 4.80. The Morgan fingerprint density at radius 3 is 1.77 bits per heavy atom. The molecule has 0 aromatic heterocycles. The average Bonchev–Trinajstić information content (AvgIpc) is 2.74. The van der Waals surface area contributed by atoms with E-state index in [4.69, 9.17) is 9.47 Å². The SMILES string of the molecule is COc1ccc([C@@H](c2ccccc2)[C@@H](NC(=O)OC(C)(C)C)c2ccccc2)cc1. The van der Waals surface area contributed by atoms with Crippen molar-refractivity contribution in [3.05, 3.63) is 102 Å². The first-order chi connectivity index (χ1) is 14.4. The quantitative estimate of drug-likeness (QED) is 0.541. The predicted octanol–water partition coefficient (Wildman–Crippen LogP) is 6.09. The van der Waals surface area contributed by atoms with Crippen LogP contribution in [0.2, 0.25) is 0 Å². The van der Waals surface area contributed by atoms with Gasteiger partial charge in [-0.2, -0.15) is 0 Å². The summed E-state index contributed by atoms with van der Waals surface area (Å²) in [6.45, 7) is 5.59. The molecule has 0 bridgehead atoms. The van der Waals surface area contributed by atoms with E-state index in [-0.39, 0.29) is 12.0 Å². The summed E-state index contributed by atoms with van der Waals surface area (Å²) in [5.74, 6) is 0.689. The van der Waals surface area contributed by atoms with Crippen LogP contribution in [-0.4, -0.2) is 18.8 Å². The topological polar surface area (TPSA) is 47.6 Å². The highest BCUT2D eigenvalue weighted by atomic mass is 16.6. The number of methoxy groups -OCH3 is 1. The summed E-state index contributed by atoms with van der Waals surface area (Å²) in [4.78, 5) is 12.8. The molecule has 0 saturated carbocycles. The van der Waals surface area contributed by atoms with Crippen molar-refractivity contribution in [3.8, 4) is 5.75 Å². The van der Waals surface area contributed by atoms with E-state index in [1.54, 1.807) is 7.11 Å². The van der Waals surface area contributed by atoms with Crippen molar-refractivity contribution in [1.82, 2.24) is 5.32 Å². The van der Waals surface area contributed by atoms with Crippen LogP contribution < -0.4 is 10.1 Å². The summed E-state index contributed by atoms with van der Waals surface area (Å²) in [6, 6.07) is 27.9. The predicted molar refractivity (Wildman–Crippen MR) is 120 cm³/mol. The van der Waals surface area contributed by atoms with E-state index in [1.807, 2.05) is 93.6 Å². The first-order valence-electron chi connectivity index (χ1n) is 10.1. The van der Waals surface area contributed by atoms with E-state index in [1.165, 1.54) is 0 Å². The maximum Gasteiger partial charge on any atom is 0.408 e. The van der Waals surface area contributed by atoms with Gasteiger partial charge in [0.25, 0.3) is 0 Å². The molecule has 0 saturated heterocycles. The lowest BCUT2D eigenvalue weighted by atomic mass is 9.82. The lowest BCUT2D eigenvalue weighted by Crippen LogP contribution is -2.37. The van der Waals surface area contributed by atoms with Crippen LogP contribution in [0.25, 0.3) is 0 Å². The zero-order chi connectivity index (χ0) is 21.6. The van der Waals surface area contributed by atoms with Crippen LogP contribution >= 0.6 is 0 Å². The van der Waals surface area contributed by atoms with Crippen molar-refractivity contribution >= 4 is 6.09 Å². The number of alkyl carbamates (subject to hydrolysis) is 1. The molecule has 2 atom stereocenters. The van der Waals surface area contributed by atoms with E-state index < -0.39 is 11.7 Å². The van der Waals surface area contributed by atoms with E-state index in [9.17, 15) is 4.79 Å². The van der Waals surface area contributed by atoms with Gasteiger partial charge in [-0.1, -0.05) is 72.8 Å². The van der Waals surface area contributed by atoms with Gasteiger partial charge in [-0.05, 0) is 49.6 Å². The second kappa shape index (κ2) is 9.49. The molecule has 3 aromatic carbocycles. The molecule has 4 nitrogen and oxygen atoms in total. The summed E-state index contributed by atoms with van der Waals surface area (Å²) in [6.07, 6.45) is -0.439. The highest BCUT2D eigenvalue weighted by Crippen LogP contribution is 2.37. The Labute approximate surface area is 178 Å². The van der Waals surface area contributed by atoms with Crippen LogP contribution in [-0.2, 0) is 4.74 Å². The fourth-order valence-corrected chi connectivity index (χ4v) is 3.50. The molecular weight excluding hydrogens is 374 g/mol. The Kier molecular flexibility index (Phi) is 6.78. The van der Waals surface area contributed by atoms with Gasteiger partial charge < -0.3 is 14.8 Å². The fourth-order valence-electron chi connectivity index (χ4n) is 3.50. The number of nitrogens with one attached hydrogen (secondary N) is 1. The molecule has 0 aliphatic rings. The van der Waals surface area contributed by atoms with Crippen molar-refractivity contribution in [2.24, 2.45) is 0 Å². The Hall–Kier alpha value is -3.27. The molecule has 3 aromatic rings. The van der Waals surface area contributed by atoms with Crippen LogP contribution in [0.15, 0.2) is 84.9 Å². The number of carbonyl (C=O) groups is 1. The molecule has 0 radical (unpaired) electrons. The molecule has 0 aliphatic heterocycles. The first kappa shape index (κ1) is 21.4. The van der Waals surface area contributed by atoms with Gasteiger partial charge in [-0.25, -0.2) is 4.79 Å². The van der Waals surface area contributed by atoms with Crippen molar-refractivity contribution < 1.29 is 14.3 Å². The van der Waals surface area contributed by atoms with Gasteiger partial charge in [0, 0.05) is 5.92 Å². The van der Waals surface area contributed by atoms with Crippen molar-refractivity contribution in [2.75, 3.05) is 7.11 Å². The van der Waals surface area contributed by atoms with Gasteiger partial charge in [0.1, 0.15) is 11.4 Å². The lowest BCUT2D eigenvalue weighted by molar-refractivity contribution is 0.0499. The summed E-state index contributed by atoms with van der Waals surface area (Å²) < 4.78 is 10.9. The van der Waals surface area contributed by atoms with Crippen molar-refractivity contribution in [3.63, 3.8) is 0 Å². The van der Waals surface area contributed by atoms with Crippen LogP contribution in [0.5, 0.6) is 5.75 Å². The average molecular weight is 404 g/mol. The number of hydrogen-bond acceptors (Lipinski definition) is 3. The van der Waals surface area contributed by atoms with Gasteiger partial charge in [-0.3, -0.25) is 0 Å². The first-order valence-corrected chi connectivity index (χ1v) is 10.1. The zero-order valence-corrected chi connectivity index (χ0v) is 18.0. The summed E-state index contributed by atoms with van der Waals surface area (Å²) in [5.41, 5.74) is 2.61. The van der Waals surface area contributed by atoms with Gasteiger partial charge in [0.15, 0.2) is 0 Å². The summed E-state index contributed by atoms with van der Waals surface area (Å²) >= 11 is 0. The molecule has 0 aliphatic carbocycles. The molecule has 0 fully saturated rings. The van der Waals surface area contributed by atoms with Gasteiger partial charge in [0.2, 0.25) is 0 Å². The van der Waals surface area contributed by atoms with Crippen molar-refractivity contribution in [2.45, 2.75) is 38.3 Å². The van der Waals surface area contributed by atoms with E-state index in [0.717, 1.165) is 22.4 Å². The van der Waals surface area contributed by atoms with E-state index in [0.29, 0.717) is 0 Å². The minimum absolute atomic E-state index is 0.105. The maximum atomic E-state index is 12.8. The van der Waals surface area contributed by atoms with Crippen LogP contribution in [0.3, 0.4) is 0 Å². The number of carbonyl (C=O) groups excluding carboxylic acids is 1. The van der Waals surface area contributed by atoms with Crippen LogP contribution in [0, 0.1) is 0 Å². The summed E-state index contributed by atoms with van der Waals surface area (Å²) in [7, 11) is 1.65. The Balaban J connectivity index is 2.07. The second-order valence-electron chi connectivity index (χ2n) is 8.20. The normalized spacial score (nSPS) is 13.2. The number of ether oxygens (including phenoxy) is 2. The highest BCUT2D eigenvalue weighted by molar-refractivity contribution is 5.69. The Morgan fingerprint density at radius 1 is 0.767 bits per heavy atom. The monoisotopic (exact) mass is 403 g/mol. The molecule has 4 heteroatoms. The maximum absolute atomic E-state index is 12.8. The summed E-state index contributed by atoms with van der Waals surface area (Å²) in [5, 5.41) is 3.12. The minimum atomic E-state index is -0.576. The Bertz CT molecular complexity index is 932. The molecule has 0 spiro atoms. The third kappa shape index (κ3) is 5.63. The standard InChI is InChI=1S/C26H29NO3/c1-26(2,3)30-25(28)27-24(21-13-9-6-10-14-21)23(19-11-7-5-8-12-19)20-15-17-22(29-4)18-16-20/h5-18,23-24H,1-4H3,(H,27,28)/t23-,24+/m1/s1. The molecular formula is C26H29NO3. The van der Waals surface area contributed by atoms with Crippen LogP contribution in [0.1, 0.15) is 49.4 Å². The molecule has 0 heterocycles. The zero-order valence-electron chi connectivity index (χ0n) is 18.0. The highest BCUT2D eigenvalue weighted by Gasteiger charge is 2.29. The van der Waals surface area contributed by atoms with Gasteiger partial charge >= 0.3 is 6.09 Å². The molecule has 3 rings (SSSR count). The number of rotatable bonds is 6. The molecule has 0 unspecified atom stereocenters. The molecule has 30 heavy (non-hydrogen) atoms. The fraction of sp³-hybridized carbons (Fsp3) is 0.269. The Morgan fingerprint density at radius 2 is 1.27 bits per heavy atom. The number of hydrogen-bond donors (Lipinski definition) is 1. The van der Waals surface area contributed by atoms with Crippen molar-refractivity contribution in [1.29, 1.82) is 0 Å².